The van der Waals surface area contributed by atoms with Gasteiger partial charge in [-0.2, -0.15) is 5.10 Å². The third kappa shape index (κ3) is 3.95. The second-order valence-electron chi connectivity index (χ2n) is 5.13. The summed E-state index contributed by atoms with van der Waals surface area (Å²) in [5.74, 6) is 0.216. The standard InChI is InChI=1S/C17H17N3O4/c1-11-4-5-14(10-16(11)20(22)23)17(21)19-18-12(2)13-6-8-15(24-3)9-7-13/h4-10H,1-3H3,(H,19,21)/b18-12-. The summed E-state index contributed by atoms with van der Waals surface area (Å²) in [7, 11) is 1.58. The van der Waals surface area contributed by atoms with Crippen LogP contribution in [0.25, 0.3) is 0 Å². The predicted molar refractivity (Wildman–Crippen MR) is 90.5 cm³/mol. The fraction of sp³-hybridized carbons (Fsp3) is 0.176. The van der Waals surface area contributed by atoms with E-state index in [2.05, 4.69) is 10.5 Å². The van der Waals surface area contributed by atoms with E-state index in [1.165, 1.54) is 18.2 Å². The molecular formula is C17H17N3O4. The van der Waals surface area contributed by atoms with Crippen molar-refractivity contribution in [1.29, 1.82) is 0 Å². The minimum absolute atomic E-state index is 0.0986. The molecule has 0 heterocycles. The Morgan fingerprint density at radius 1 is 1.17 bits per heavy atom. The van der Waals surface area contributed by atoms with Crippen LogP contribution in [-0.4, -0.2) is 23.7 Å². The fourth-order valence-corrected chi connectivity index (χ4v) is 2.04. The number of amides is 1. The molecular weight excluding hydrogens is 310 g/mol. The van der Waals surface area contributed by atoms with Crippen LogP contribution in [0.4, 0.5) is 5.69 Å². The van der Waals surface area contributed by atoms with Gasteiger partial charge in [-0.25, -0.2) is 5.43 Å². The van der Waals surface area contributed by atoms with Crippen molar-refractivity contribution in [3.8, 4) is 5.75 Å². The number of aryl methyl sites for hydroxylation is 1. The number of benzene rings is 2. The van der Waals surface area contributed by atoms with Crippen LogP contribution in [0.5, 0.6) is 5.75 Å². The first-order valence-electron chi connectivity index (χ1n) is 7.16. The molecule has 24 heavy (non-hydrogen) atoms. The molecule has 0 aliphatic carbocycles. The number of nitro benzene ring substituents is 1. The lowest BCUT2D eigenvalue weighted by Gasteiger charge is -2.05. The van der Waals surface area contributed by atoms with Crippen molar-refractivity contribution in [3.63, 3.8) is 0 Å². The van der Waals surface area contributed by atoms with Gasteiger partial charge in [0.1, 0.15) is 5.75 Å². The highest BCUT2D eigenvalue weighted by Gasteiger charge is 2.14. The van der Waals surface area contributed by atoms with Crippen LogP contribution in [0.15, 0.2) is 47.6 Å². The van der Waals surface area contributed by atoms with Crippen molar-refractivity contribution in [2.45, 2.75) is 13.8 Å². The molecule has 0 atom stereocenters. The molecule has 0 unspecified atom stereocenters. The lowest BCUT2D eigenvalue weighted by atomic mass is 10.1. The first-order valence-corrected chi connectivity index (χ1v) is 7.16. The zero-order valence-corrected chi connectivity index (χ0v) is 13.6. The number of hydrogen-bond donors (Lipinski definition) is 1. The fourth-order valence-electron chi connectivity index (χ4n) is 2.04. The quantitative estimate of drug-likeness (QED) is 0.519. The number of carbonyl (C=O) groups is 1. The maximum atomic E-state index is 12.1. The number of hydrazone groups is 1. The van der Waals surface area contributed by atoms with Crippen LogP contribution in [0.2, 0.25) is 0 Å². The van der Waals surface area contributed by atoms with Crippen molar-refractivity contribution in [3.05, 3.63) is 69.3 Å². The van der Waals surface area contributed by atoms with Gasteiger partial charge < -0.3 is 4.74 Å². The number of nitro groups is 1. The van der Waals surface area contributed by atoms with Crippen molar-refractivity contribution < 1.29 is 14.5 Å². The number of rotatable bonds is 5. The van der Waals surface area contributed by atoms with Gasteiger partial charge in [0, 0.05) is 17.2 Å². The van der Waals surface area contributed by atoms with Gasteiger partial charge in [-0.15, -0.1) is 0 Å². The molecule has 1 N–H and O–H groups in total. The summed E-state index contributed by atoms with van der Waals surface area (Å²) in [4.78, 5) is 22.5. The average Bonchev–Trinajstić information content (AvgIpc) is 2.59. The van der Waals surface area contributed by atoms with Crippen LogP contribution in [0.3, 0.4) is 0 Å². The third-order valence-corrected chi connectivity index (χ3v) is 3.50. The molecule has 0 saturated heterocycles. The van der Waals surface area contributed by atoms with E-state index in [1.807, 2.05) is 12.1 Å². The Labute approximate surface area is 139 Å². The zero-order chi connectivity index (χ0) is 17.7. The molecule has 0 aliphatic heterocycles. The summed E-state index contributed by atoms with van der Waals surface area (Å²) in [5.41, 5.74) is 4.41. The zero-order valence-electron chi connectivity index (χ0n) is 13.6. The molecule has 0 aliphatic rings. The third-order valence-electron chi connectivity index (χ3n) is 3.50. The number of nitrogens with zero attached hydrogens (tertiary/aromatic N) is 2. The van der Waals surface area contributed by atoms with Gasteiger partial charge in [0.05, 0.1) is 17.7 Å². The van der Waals surface area contributed by atoms with Gasteiger partial charge in [0.25, 0.3) is 11.6 Å². The van der Waals surface area contributed by atoms with Gasteiger partial charge in [0.15, 0.2) is 0 Å². The predicted octanol–water partition coefficient (Wildman–Crippen LogP) is 3.07. The van der Waals surface area contributed by atoms with Gasteiger partial charge >= 0.3 is 0 Å². The Hall–Kier alpha value is -3.22. The van der Waals surface area contributed by atoms with Crippen molar-refractivity contribution in [2.75, 3.05) is 7.11 Å². The van der Waals surface area contributed by atoms with E-state index in [0.717, 1.165) is 11.3 Å². The number of ether oxygens (including phenoxy) is 1. The van der Waals surface area contributed by atoms with Gasteiger partial charge in [-0.3, -0.25) is 14.9 Å². The number of methoxy groups -OCH3 is 1. The van der Waals surface area contributed by atoms with Gasteiger partial charge in [-0.1, -0.05) is 6.07 Å². The van der Waals surface area contributed by atoms with Crippen LogP contribution in [0, 0.1) is 17.0 Å². The van der Waals surface area contributed by atoms with E-state index in [4.69, 9.17) is 4.74 Å². The summed E-state index contributed by atoms with van der Waals surface area (Å²) in [6.07, 6.45) is 0. The molecule has 7 heteroatoms. The van der Waals surface area contributed by atoms with E-state index >= 15 is 0 Å². The van der Waals surface area contributed by atoms with E-state index in [-0.39, 0.29) is 11.3 Å². The Kier molecular flexibility index (Phi) is 5.26. The number of carbonyl (C=O) groups excluding carboxylic acids is 1. The number of hydrogen-bond acceptors (Lipinski definition) is 5. The first-order chi connectivity index (χ1) is 11.4. The molecule has 7 nitrogen and oxygen atoms in total. The first kappa shape index (κ1) is 17.1. The highest BCUT2D eigenvalue weighted by Crippen LogP contribution is 2.19. The molecule has 0 saturated carbocycles. The summed E-state index contributed by atoms with van der Waals surface area (Å²) in [5, 5.41) is 15.0. The van der Waals surface area contributed by atoms with Crippen LogP contribution in [-0.2, 0) is 0 Å². The minimum atomic E-state index is -0.516. The molecule has 2 aromatic carbocycles. The molecule has 0 fully saturated rings. The Morgan fingerprint density at radius 3 is 2.38 bits per heavy atom. The Morgan fingerprint density at radius 2 is 1.79 bits per heavy atom. The molecule has 0 spiro atoms. The molecule has 2 aromatic rings. The molecule has 124 valence electrons. The van der Waals surface area contributed by atoms with E-state index in [0.29, 0.717) is 11.3 Å². The molecule has 0 bridgehead atoms. The highest BCUT2D eigenvalue weighted by atomic mass is 16.6. The SMILES string of the molecule is COc1ccc(/C(C)=N\NC(=O)c2ccc(C)c([N+](=O)[O-])c2)cc1. The Balaban J connectivity index is 2.14. The van der Waals surface area contributed by atoms with Crippen LogP contribution >= 0.6 is 0 Å². The summed E-state index contributed by atoms with van der Waals surface area (Å²) in [6.45, 7) is 3.37. The smallest absolute Gasteiger partial charge is 0.273 e. The Bertz CT molecular complexity index is 798. The molecule has 1 amide bonds. The topological polar surface area (TPSA) is 93.8 Å². The summed E-state index contributed by atoms with van der Waals surface area (Å²) >= 11 is 0. The van der Waals surface area contributed by atoms with Gasteiger partial charge in [-0.05, 0) is 49.7 Å². The molecule has 0 radical (unpaired) electrons. The van der Waals surface area contributed by atoms with Gasteiger partial charge in [0.2, 0.25) is 0 Å². The van der Waals surface area contributed by atoms with Crippen LogP contribution < -0.4 is 10.2 Å². The maximum Gasteiger partial charge on any atom is 0.273 e. The largest absolute Gasteiger partial charge is 0.497 e. The number of nitrogens with one attached hydrogen (secondary N) is 1. The summed E-state index contributed by atoms with van der Waals surface area (Å²) < 4.78 is 5.08. The lowest BCUT2D eigenvalue weighted by molar-refractivity contribution is -0.385. The van der Waals surface area contributed by atoms with Crippen molar-refractivity contribution in [2.24, 2.45) is 5.10 Å². The van der Waals surface area contributed by atoms with Crippen molar-refractivity contribution >= 4 is 17.3 Å². The highest BCUT2D eigenvalue weighted by molar-refractivity contribution is 6.01. The minimum Gasteiger partial charge on any atom is -0.497 e. The molecule has 0 aromatic heterocycles. The average molecular weight is 327 g/mol. The second kappa shape index (κ2) is 7.36. The normalized spacial score (nSPS) is 11.0. The van der Waals surface area contributed by atoms with E-state index in [1.54, 1.807) is 33.1 Å². The second-order valence-corrected chi connectivity index (χ2v) is 5.13. The monoisotopic (exact) mass is 327 g/mol. The van der Waals surface area contributed by atoms with E-state index < -0.39 is 10.8 Å². The van der Waals surface area contributed by atoms with E-state index in [9.17, 15) is 14.9 Å². The maximum absolute atomic E-state index is 12.1. The lowest BCUT2D eigenvalue weighted by Crippen LogP contribution is -2.19. The summed E-state index contributed by atoms with van der Waals surface area (Å²) in [6, 6.07) is 11.5. The van der Waals surface area contributed by atoms with Crippen molar-refractivity contribution in [1.82, 2.24) is 5.43 Å². The van der Waals surface area contributed by atoms with Crippen LogP contribution in [0.1, 0.15) is 28.4 Å². The molecule has 2 rings (SSSR count).